The first-order valence-corrected chi connectivity index (χ1v) is 12.5. The second-order valence-corrected chi connectivity index (χ2v) is 10.5. The number of ether oxygens (including phenoxy) is 2. The predicted molar refractivity (Wildman–Crippen MR) is 145 cm³/mol. The van der Waals surface area contributed by atoms with E-state index < -0.39 is 17.5 Å². The first-order valence-electron chi connectivity index (χ1n) is 12.5. The summed E-state index contributed by atoms with van der Waals surface area (Å²) in [6.45, 7) is 6.47. The lowest BCUT2D eigenvalue weighted by atomic mass is 9.88. The minimum absolute atomic E-state index is 0.172. The maximum absolute atomic E-state index is 12.3. The van der Waals surface area contributed by atoms with Crippen molar-refractivity contribution in [3.8, 4) is 5.75 Å². The molecule has 0 aromatic heterocycles. The number of aliphatic carboxylic acids is 1. The van der Waals surface area contributed by atoms with E-state index in [0.717, 1.165) is 16.3 Å². The Labute approximate surface area is 221 Å². The highest BCUT2D eigenvalue weighted by Crippen LogP contribution is 2.30. The summed E-state index contributed by atoms with van der Waals surface area (Å²) in [6, 6.07) is 16.2. The van der Waals surface area contributed by atoms with Gasteiger partial charge in [0.1, 0.15) is 17.5 Å². The second kappa shape index (κ2) is 11.0. The van der Waals surface area contributed by atoms with Gasteiger partial charge in [-0.2, -0.15) is 0 Å². The third kappa shape index (κ3) is 6.34. The molecule has 38 heavy (non-hydrogen) atoms. The van der Waals surface area contributed by atoms with Gasteiger partial charge in [0.05, 0.1) is 18.7 Å². The topological polar surface area (TPSA) is 135 Å². The Bertz CT molecular complexity index is 1350. The third-order valence-electron chi connectivity index (χ3n) is 6.47. The van der Waals surface area contributed by atoms with E-state index >= 15 is 0 Å². The molecule has 2 atom stereocenters. The highest BCUT2D eigenvalue weighted by atomic mass is 16.6. The predicted octanol–water partition coefficient (Wildman–Crippen LogP) is 5.03. The molecule has 3 aromatic carbocycles. The van der Waals surface area contributed by atoms with Crippen LogP contribution in [0.2, 0.25) is 0 Å². The van der Waals surface area contributed by atoms with E-state index in [-0.39, 0.29) is 18.6 Å². The van der Waals surface area contributed by atoms with Gasteiger partial charge in [-0.1, -0.05) is 35.5 Å². The average Bonchev–Trinajstić information content (AvgIpc) is 3.32. The zero-order valence-electron chi connectivity index (χ0n) is 21.8. The zero-order valence-corrected chi connectivity index (χ0v) is 21.8. The van der Waals surface area contributed by atoms with Crippen LogP contribution in [-0.2, 0) is 16.0 Å². The number of nitrogen functional groups attached to an aromatic ring is 1. The molecular weight excluding hydrogens is 486 g/mol. The molecule has 200 valence electrons. The van der Waals surface area contributed by atoms with E-state index in [4.69, 9.17) is 15.2 Å². The number of rotatable bonds is 7. The van der Waals surface area contributed by atoms with Crippen LogP contribution in [0.3, 0.4) is 0 Å². The van der Waals surface area contributed by atoms with Crippen molar-refractivity contribution in [2.45, 2.75) is 51.2 Å². The number of anilines is 1. The Balaban J connectivity index is 1.48. The van der Waals surface area contributed by atoms with Gasteiger partial charge < -0.3 is 30.4 Å². The average molecular weight is 520 g/mol. The van der Waals surface area contributed by atoms with E-state index in [1.165, 1.54) is 6.21 Å². The minimum Gasteiger partial charge on any atom is -0.489 e. The molecule has 1 saturated heterocycles. The van der Waals surface area contributed by atoms with Crippen LogP contribution in [0, 0.1) is 0 Å². The van der Waals surface area contributed by atoms with Gasteiger partial charge in [0.2, 0.25) is 0 Å². The molecule has 4 rings (SSSR count). The lowest BCUT2D eigenvalue weighted by molar-refractivity contribution is -0.138. The highest BCUT2D eigenvalue weighted by Gasteiger charge is 2.31. The summed E-state index contributed by atoms with van der Waals surface area (Å²) in [5, 5.41) is 24.2. The second-order valence-electron chi connectivity index (χ2n) is 10.5. The number of carbonyl (C=O) groups excluding carboxylic acids is 1. The number of carboxylic acid groups (broad SMARTS) is 1. The van der Waals surface area contributed by atoms with Crippen molar-refractivity contribution in [2.24, 2.45) is 5.16 Å². The fourth-order valence-corrected chi connectivity index (χ4v) is 4.65. The van der Waals surface area contributed by atoms with E-state index in [2.05, 4.69) is 5.16 Å². The van der Waals surface area contributed by atoms with E-state index in [1.807, 2.05) is 39.0 Å². The molecule has 0 saturated carbocycles. The first-order chi connectivity index (χ1) is 18.0. The number of nitrogens with zero attached hydrogens (tertiary/aromatic N) is 2. The molecule has 1 fully saturated rings. The fraction of sp³-hybridized carbons (Fsp3) is 0.345. The van der Waals surface area contributed by atoms with E-state index in [9.17, 15) is 19.9 Å². The molecular formula is C29H33N3O6. The van der Waals surface area contributed by atoms with Crippen molar-refractivity contribution in [3.63, 3.8) is 0 Å². The molecule has 1 aliphatic rings. The Hall–Kier alpha value is -4.27. The van der Waals surface area contributed by atoms with Gasteiger partial charge in [-0.05, 0) is 73.4 Å². The SMILES string of the molecule is CC(C)(C)OC(=O)N1CC[C@H](Oc2ccc(C(Cc3ccc4ccc(N)cc4c3C=NO)C(=O)O)cc2)C1. The molecule has 1 amide bonds. The van der Waals surface area contributed by atoms with Crippen LogP contribution in [0.4, 0.5) is 10.5 Å². The van der Waals surface area contributed by atoms with Crippen LogP contribution in [-0.4, -0.2) is 58.3 Å². The molecule has 0 spiro atoms. The first kappa shape index (κ1) is 26.8. The summed E-state index contributed by atoms with van der Waals surface area (Å²) >= 11 is 0. The molecule has 1 heterocycles. The standard InChI is InChI=1S/C29H33N3O6/c1-29(2,3)38-28(35)32-13-12-23(17-32)37-22-10-7-19(8-11-22)25(27(33)34)14-20-5-4-18-6-9-21(30)15-24(18)26(20)16-31-36/h4-11,15-16,23,25,36H,12-14,17,30H2,1-3H3,(H,33,34)/t23-,25?/m0/s1. The van der Waals surface area contributed by atoms with Crippen LogP contribution >= 0.6 is 0 Å². The molecule has 1 aliphatic heterocycles. The van der Waals surface area contributed by atoms with E-state index in [1.54, 1.807) is 41.3 Å². The van der Waals surface area contributed by atoms with Gasteiger partial charge in [-0.3, -0.25) is 4.79 Å². The van der Waals surface area contributed by atoms with Crippen molar-refractivity contribution < 1.29 is 29.4 Å². The van der Waals surface area contributed by atoms with Crippen LogP contribution in [0.25, 0.3) is 10.8 Å². The number of hydrogen-bond donors (Lipinski definition) is 3. The number of fused-ring (bicyclic) bond motifs is 1. The van der Waals surface area contributed by atoms with Crippen molar-refractivity contribution >= 4 is 34.7 Å². The molecule has 3 aromatic rings. The quantitative estimate of drug-likeness (QED) is 0.172. The summed E-state index contributed by atoms with van der Waals surface area (Å²) in [5.74, 6) is -1.20. The summed E-state index contributed by atoms with van der Waals surface area (Å²) in [5.41, 5.74) is 7.93. The largest absolute Gasteiger partial charge is 0.489 e. The third-order valence-corrected chi connectivity index (χ3v) is 6.47. The Morgan fingerprint density at radius 1 is 1.16 bits per heavy atom. The Kier molecular flexibility index (Phi) is 7.75. The minimum atomic E-state index is -0.970. The number of benzene rings is 3. The van der Waals surface area contributed by atoms with Crippen molar-refractivity contribution in [1.82, 2.24) is 4.90 Å². The number of likely N-dealkylation sites (tertiary alicyclic amines) is 1. The maximum Gasteiger partial charge on any atom is 0.410 e. The van der Waals surface area contributed by atoms with Gasteiger partial charge in [-0.25, -0.2) is 4.79 Å². The number of nitrogens with two attached hydrogens (primary N) is 1. The normalized spacial score (nSPS) is 16.6. The summed E-state index contributed by atoms with van der Waals surface area (Å²) in [6.07, 6.45) is 1.66. The number of oxime groups is 1. The monoisotopic (exact) mass is 519 g/mol. The molecule has 1 unspecified atom stereocenters. The van der Waals surface area contributed by atoms with Crippen LogP contribution in [0.5, 0.6) is 5.75 Å². The smallest absolute Gasteiger partial charge is 0.410 e. The molecule has 9 heteroatoms. The molecule has 9 nitrogen and oxygen atoms in total. The Morgan fingerprint density at radius 2 is 1.87 bits per heavy atom. The highest BCUT2D eigenvalue weighted by molar-refractivity contribution is 6.02. The van der Waals surface area contributed by atoms with Gasteiger partial charge in [0.15, 0.2) is 0 Å². The van der Waals surface area contributed by atoms with E-state index in [0.29, 0.717) is 42.1 Å². The summed E-state index contributed by atoms with van der Waals surface area (Å²) < 4.78 is 11.5. The van der Waals surface area contributed by atoms with Gasteiger partial charge in [0.25, 0.3) is 0 Å². The lowest BCUT2D eigenvalue weighted by Crippen LogP contribution is -2.36. The van der Waals surface area contributed by atoms with Crippen LogP contribution < -0.4 is 10.5 Å². The number of carbonyl (C=O) groups is 2. The molecule has 4 N–H and O–H groups in total. The Morgan fingerprint density at radius 3 is 2.53 bits per heavy atom. The molecule has 0 radical (unpaired) electrons. The fourth-order valence-electron chi connectivity index (χ4n) is 4.65. The van der Waals surface area contributed by atoms with Gasteiger partial charge in [-0.15, -0.1) is 0 Å². The number of amides is 1. The summed E-state index contributed by atoms with van der Waals surface area (Å²) in [7, 11) is 0. The van der Waals surface area contributed by atoms with Gasteiger partial charge >= 0.3 is 12.1 Å². The zero-order chi connectivity index (χ0) is 27.4. The van der Waals surface area contributed by atoms with Crippen molar-refractivity contribution in [2.75, 3.05) is 18.8 Å². The van der Waals surface area contributed by atoms with Crippen LogP contribution in [0.1, 0.15) is 49.8 Å². The molecule has 0 aliphatic carbocycles. The van der Waals surface area contributed by atoms with Gasteiger partial charge in [0, 0.05) is 24.2 Å². The number of hydrogen-bond acceptors (Lipinski definition) is 7. The van der Waals surface area contributed by atoms with Crippen molar-refractivity contribution in [1.29, 1.82) is 0 Å². The van der Waals surface area contributed by atoms with Crippen molar-refractivity contribution in [3.05, 3.63) is 71.3 Å². The summed E-state index contributed by atoms with van der Waals surface area (Å²) in [4.78, 5) is 26.2. The molecule has 0 bridgehead atoms. The lowest BCUT2D eigenvalue weighted by Gasteiger charge is -2.24. The maximum atomic E-state index is 12.3. The van der Waals surface area contributed by atoms with Crippen LogP contribution in [0.15, 0.2) is 59.8 Å². The number of carboxylic acids is 1.